The Hall–Kier alpha value is -3.10. The van der Waals surface area contributed by atoms with Gasteiger partial charge in [0.15, 0.2) is 0 Å². The standard InChI is InChI=1S/C23H20ClFN4O2S/c1-2-8-29(12-20-27-19-10-15(24)6-7-18(19)22(31)28-20)21(30)11-17-13-32-23(26-17)14-4-3-5-16(25)9-14/h3-7,9-10,13H,2,8,11-12H2,1H3,(H,27,28,31). The number of amides is 1. The molecule has 9 heteroatoms. The molecule has 2 aromatic heterocycles. The molecule has 4 rings (SSSR count). The lowest BCUT2D eigenvalue weighted by Gasteiger charge is -2.21. The van der Waals surface area contributed by atoms with Gasteiger partial charge in [-0.25, -0.2) is 14.4 Å². The van der Waals surface area contributed by atoms with E-state index in [9.17, 15) is 14.0 Å². The predicted octanol–water partition coefficient (Wildman–Crippen LogP) is 4.82. The van der Waals surface area contributed by atoms with Crippen molar-refractivity contribution in [3.05, 3.63) is 80.6 Å². The first-order chi connectivity index (χ1) is 15.4. The third kappa shape index (κ3) is 5.03. The Bertz CT molecular complexity index is 1340. The van der Waals surface area contributed by atoms with E-state index in [2.05, 4.69) is 15.0 Å². The average molecular weight is 471 g/mol. The monoisotopic (exact) mass is 470 g/mol. The number of carbonyl (C=O) groups excluding carboxylic acids is 1. The van der Waals surface area contributed by atoms with E-state index in [1.165, 1.54) is 23.5 Å². The van der Waals surface area contributed by atoms with Gasteiger partial charge in [-0.2, -0.15) is 0 Å². The number of nitrogens with one attached hydrogen (secondary N) is 1. The minimum atomic E-state index is -0.331. The van der Waals surface area contributed by atoms with Gasteiger partial charge in [-0.15, -0.1) is 11.3 Å². The maximum Gasteiger partial charge on any atom is 0.258 e. The highest BCUT2D eigenvalue weighted by Crippen LogP contribution is 2.24. The second kappa shape index (κ2) is 9.58. The SMILES string of the molecule is CCCN(Cc1nc2cc(Cl)ccc2c(=O)[nH]1)C(=O)Cc1csc(-c2cccc(F)c2)n1. The van der Waals surface area contributed by atoms with Crippen LogP contribution in [0.4, 0.5) is 4.39 Å². The smallest absolute Gasteiger partial charge is 0.258 e. The van der Waals surface area contributed by atoms with E-state index in [0.717, 1.165) is 6.42 Å². The quantitative estimate of drug-likeness (QED) is 0.420. The van der Waals surface area contributed by atoms with Crippen LogP contribution in [-0.2, 0) is 17.8 Å². The lowest BCUT2D eigenvalue weighted by Crippen LogP contribution is -2.34. The molecule has 0 fully saturated rings. The van der Waals surface area contributed by atoms with Gasteiger partial charge in [0, 0.05) is 22.5 Å². The van der Waals surface area contributed by atoms with Crippen LogP contribution >= 0.6 is 22.9 Å². The lowest BCUT2D eigenvalue weighted by molar-refractivity contribution is -0.131. The zero-order valence-electron chi connectivity index (χ0n) is 17.3. The first kappa shape index (κ1) is 22.1. The molecule has 0 saturated carbocycles. The molecule has 0 unspecified atom stereocenters. The number of carbonyl (C=O) groups is 1. The zero-order valence-corrected chi connectivity index (χ0v) is 18.8. The van der Waals surface area contributed by atoms with Crippen molar-refractivity contribution in [2.24, 2.45) is 0 Å². The van der Waals surface area contributed by atoms with E-state index in [-0.39, 0.29) is 30.2 Å². The van der Waals surface area contributed by atoms with Crippen molar-refractivity contribution >= 4 is 39.7 Å². The lowest BCUT2D eigenvalue weighted by atomic mass is 10.2. The first-order valence-electron chi connectivity index (χ1n) is 10.1. The Morgan fingerprint density at radius 3 is 2.84 bits per heavy atom. The van der Waals surface area contributed by atoms with Crippen molar-refractivity contribution in [1.82, 2.24) is 19.9 Å². The van der Waals surface area contributed by atoms with Crippen molar-refractivity contribution in [2.45, 2.75) is 26.3 Å². The van der Waals surface area contributed by atoms with Gasteiger partial charge in [0.2, 0.25) is 5.91 Å². The van der Waals surface area contributed by atoms with Crippen LogP contribution in [0.25, 0.3) is 21.5 Å². The number of hydrogen-bond acceptors (Lipinski definition) is 5. The molecule has 0 bridgehead atoms. The molecule has 2 heterocycles. The van der Waals surface area contributed by atoms with Crippen molar-refractivity contribution in [1.29, 1.82) is 0 Å². The van der Waals surface area contributed by atoms with Gasteiger partial charge < -0.3 is 9.88 Å². The molecule has 6 nitrogen and oxygen atoms in total. The van der Waals surface area contributed by atoms with E-state index in [1.807, 2.05) is 6.92 Å². The summed E-state index contributed by atoms with van der Waals surface area (Å²) in [5.41, 5.74) is 1.51. The Labute approximate surface area is 192 Å². The normalized spacial score (nSPS) is 11.1. The third-order valence-electron chi connectivity index (χ3n) is 4.86. The molecule has 0 spiro atoms. The molecule has 0 aliphatic heterocycles. The molecule has 0 saturated heterocycles. The highest BCUT2D eigenvalue weighted by molar-refractivity contribution is 7.13. The van der Waals surface area contributed by atoms with Crippen LogP contribution in [-0.4, -0.2) is 32.3 Å². The van der Waals surface area contributed by atoms with E-state index in [0.29, 0.717) is 44.6 Å². The van der Waals surface area contributed by atoms with Crippen LogP contribution in [0.1, 0.15) is 24.9 Å². The van der Waals surface area contributed by atoms with Crippen molar-refractivity contribution < 1.29 is 9.18 Å². The number of aromatic nitrogens is 3. The van der Waals surface area contributed by atoms with Crippen LogP contribution in [0.3, 0.4) is 0 Å². The van der Waals surface area contributed by atoms with Crippen LogP contribution in [0.2, 0.25) is 5.02 Å². The van der Waals surface area contributed by atoms with Gasteiger partial charge in [-0.3, -0.25) is 9.59 Å². The Morgan fingerprint density at radius 2 is 2.06 bits per heavy atom. The number of benzene rings is 2. The molecule has 0 aliphatic carbocycles. The topological polar surface area (TPSA) is 79.0 Å². The van der Waals surface area contributed by atoms with Gasteiger partial charge in [-0.1, -0.05) is 30.7 Å². The average Bonchev–Trinajstić information content (AvgIpc) is 3.21. The maximum absolute atomic E-state index is 13.5. The van der Waals surface area contributed by atoms with Gasteiger partial charge >= 0.3 is 0 Å². The van der Waals surface area contributed by atoms with Crippen LogP contribution in [0, 0.1) is 5.82 Å². The second-order valence-corrected chi connectivity index (χ2v) is 8.62. The molecule has 1 amide bonds. The number of aromatic amines is 1. The Balaban J connectivity index is 1.52. The summed E-state index contributed by atoms with van der Waals surface area (Å²) in [5.74, 6) is -0.0651. The Kier molecular flexibility index (Phi) is 6.62. The fraction of sp³-hybridized carbons (Fsp3) is 0.217. The molecule has 32 heavy (non-hydrogen) atoms. The van der Waals surface area contributed by atoms with Crippen LogP contribution in [0.15, 0.2) is 52.6 Å². The van der Waals surface area contributed by atoms with Crippen LogP contribution in [0.5, 0.6) is 0 Å². The summed E-state index contributed by atoms with van der Waals surface area (Å²) in [7, 11) is 0. The molecular weight excluding hydrogens is 451 g/mol. The number of fused-ring (bicyclic) bond motifs is 1. The number of rotatable bonds is 7. The van der Waals surface area contributed by atoms with Gasteiger partial charge in [0.25, 0.3) is 5.56 Å². The van der Waals surface area contributed by atoms with E-state index in [4.69, 9.17) is 11.6 Å². The van der Waals surface area contributed by atoms with E-state index >= 15 is 0 Å². The fourth-order valence-corrected chi connectivity index (χ4v) is 4.37. The number of thiazole rings is 1. The van der Waals surface area contributed by atoms with Crippen molar-refractivity contribution in [3.63, 3.8) is 0 Å². The first-order valence-corrected chi connectivity index (χ1v) is 11.3. The summed E-state index contributed by atoms with van der Waals surface area (Å²) < 4.78 is 13.5. The summed E-state index contributed by atoms with van der Waals surface area (Å²) in [5, 5.41) is 3.40. The molecule has 0 radical (unpaired) electrons. The predicted molar refractivity (Wildman–Crippen MR) is 124 cm³/mol. The zero-order chi connectivity index (χ0) is 22.7. The highest BCUT2D eigenvalue weighted by atomic mass is 35.5. The minimum absolute atomic E-state index is 0.107. The van der Waals surface area contributed by atoms with Crippen molar-refractivity contribution in [3.8, 4) is 10.6 Å². The molecule has 0 atom stereocenters. The van der Waals surface area contributed by atoms with Gasteiger partial charge in [0.1, 0.15) is 16.6 Å². The second-order valence-electron chi connectivity index (χ2n) is 7.32. The summed E-state index contributed by atoms with van der Waals surface area (Å²) in [6.07, 6.45) is 0.858. The van der Waals surface area contributed by atoms with Gasteiger partial charge in [-0.05, 0) is 36.8 Å². The summed E-state index contributed by atoms with van der Waals surface area (Å²) in [6, 6.07) is 11.1. The van der Waals surface area contributed by atoms with Crippen LogP contribution < -0.4 is 5.56 Å². The van der Waals surface area contributed by atoms with E-state index < -0.39 is 0 Å². The summed E-state index contributed by atoms with van der Waals surface area (Å²) in [6.45, 7) is 2.66. The van der Waals surface area contributed by atoms with E-state index in [1.54, 1.807) is 40.6 Å². The number of halogens is 2. The molecule has 4 aromatic rings. The third-order valence-corrected chi connectivity index (χ3v) is 6.04. The number of nitrogens with zero attached hydrogens (tertiary/aromatic N) is 3. The fourth-order valence-electron chi connectivity index (χ4n) is 3.39. The molecular formula is C23H20ClFN4O2S. The maximum atomic E-state index is 13.5. The molecule has 164 valence electrons. The largest absolute Gasteiger partial charge is 0.335 e. The highest BCUT2D eigenvalue weighted by Gasteiger charge is 2.18. The van der Waals surface area contributed by atoms with Gasteiger partial charge in [0.05, 0.1) is 29.6 Å². The molecule has 2 aromatic carbocycles. The summed E-state index contributed by atoms with van der Waals surface area (Å²) >= 11 is 7.40. The Morgan fingerprint density at radius 1 is 1.22 bits per heavy atom. The molecule has 0 aliphatic rings. The number of H-pyrrole nitrogens is 1. The minimum Gasteiger partial charge on any atom is -0.335 e. The molecule has 1 N–H and O–H groups in total. The number of hydrogen-bond donors (Lipinski definition) is 1. The summed E-state index contributed by atoms with van der Waals surface area (Å²) in [4.78, 5) is 38.8. The van der Waals surface area contributed by atoms with Crippen molar-refractivity contribution in [2.75, 3.05) is 6.54 Å².